The van der Waals surface area contributed by atoms with Gasteiger partial charge in [0.15, 0.2) is 11.7 Å². The molecule has 0 amide bonds. The molecule has 6 nitrogen and oxygen atoms in total. The number of aliphatic imine (C=N–C) groups is 2. The van der Waals surface area contributed by atoms with E-state index >= 15 is 0 Å². The normalized spacial score (nSPS) is 22.5. The summed E-state index contributed by atoms with van der Waals surface area (Å²) in [7, 11) is 0. The Morgan fingerprint density at radius 2 is 1.03 bits per heavy atom. The molecule has 29 heavy (non-hydrogen) atoms. The molecule has 0 aromatic heterocycles. The van der Waals surface area contributed by atoms with Crippen molar-refractivity contribution in [1.29, 1.82) is 0 Å². The van der Waals surface area contributed by atoms with Crippen molar-refractivity contribution in [3.8, 4) is 11.1 Å². The summed E-state index contributed by atoms with van der Waals surface area (Å²) in [5.41, 5.74) is 2.99. The van der Waals surface area contributed by atoms with E-state index in [2.05, 4.69) is 70.3 Å². The minimum Gasteiger partial charge on any atom is -0.226 e. The van der Waals surface area contributed by atoms with E-state index in [0.717, 1.165) is 22.3 Å². The number of azo groups is 2. The predicted octanol–water partition coefficient (Wildman–Crippen LogP) is 5.38. The molecule has 3 aliphatic heterocycles. The first-order chi connectivity index (χ1) is 13.4. The largest absolute Gasteiger partial charge is 2.00 e. The third-order valence-corrected chi connectivity index (χ3v) is 5.45. The van der Waals surface area contributed by atoms with Gasteiger partial charge in [-0.05, 0) is 0 Å². The van der Waals surface area contributed by atoms with Crippen LogP contribution in [0.25, 0.3) is 11.1 Å². The van der Waals surface area contributed by atoms with Crippen LogP contribution in [0.1, 0.15) is 38.8 Å². The van der Waals surface area contributed by atoms with Crippen molar-refractivity contribution < 1.29 is 21.1 Å². The second kappa shape index (κ2) is 6.74. The maximum absolute atomic E-state index is 4.61. The minimum atomic E-state index is -0.467. The zero-order valence-electron chi connectivity index (χ0n) is 16.5. The predicted molar refractivity (Wildman–Crippen MR) is 107 cm³/mol. The Bertz CT molecular complexity index is 1080. The summed E-state index contributed by atoms with van der Waals surface area (Å²) in [4.78, 5) is 9.22. The number of rotatable bonds is 0. The van der Waals surface area contributed by atoms with Gasteiger partial charge in [-0.25, -0.2) is 21.1 Å². The molecule has 7 heteroatoms. The Hall–Kier alpha value is -2.59. The summed E-state index contributed by atoms with van der Waals surface area (Å²) < 4.78 is 0. The van der Waals surface area contributed by atoms with Gasteiger partial charge in [0, 0.05) is 10.8 Å². The fourth-order valence-electron chi connectivity index (χ4n) is 3.42. The zero-order chi connectivity index (χ0) is 19.5. The molecule has 0 fully saturated rings. The van der Waals surface area contributed by atoms with Crippen molar-refractivity contribution >= 4 is 11.7 Å². The molecular formula is C22H18N6Pt. The van der Waals surface area contributed by atoms with Gasteiger partial charge in [-0.2, -0.15) is 36.4 Å². The summed E-state index contributed by atoms with van der Waals surface area (Å²) in [6.07, 6.45) is 0. The van der Waals surface area contributed by atoms with Crippen LogP contribution in [0, 0.1) is 12.1 Å². The molecule has 146 valence electrons. The van der Waals surface area contributed by atoms with Gasteiger partial charge in [-0.15, -0.1) is 43.7 Å². The Morgan fingerprint density at radius 1 is 0.621 bits per heavy atom. The molecule has 0 atom stereocenters. The van der Waals surface area contributed by atoms with Crippen molar-refractivity contribution in [3.63, 3.8) is 0 Å². The molecule has 3 aliphatic rings. The van der Waals surface area contributed by atoms with Crippen LogP contribution in [0.4, 0.5) is 0 Å². The summed E-state index contributed by atoms with van der Waals surface area (Å²) in [5.74, 6) is 2.00. The molecule has 5 rings (SSSR count). The van der Waals surface area contributed by atoms with E-state index in [4.69, 9.17) is 0 Å². The van der Waals surface area contributed by atoms with Crippen LogP contribution < -0.4 is 0 Å². The molecule has 0 unspecified atom stereocenters. The third kappa shape index (κ3) is 3.06. The molecule has 0 spiro atoms. The van der Waals surface area contributed by atoms with Crippen molar-refractivity contribution in [2.75, 3.05) is 0 Å². The molecule has 0 aliphatic carbocycles. The fourth-order valence-corrected chi connectivity index (χ4v) is 3.42. The first kappa shape index (κ1) is 19.7. The number of benzene rings is 2. The van der Waals surface area contributed by atoms with Gasteiger partial charge in [0.2, 0.25) is 11.6 Å². The van der Waals surface area contributed by atoms with Gasteiger partial charge in [-0.3, -0.25) is 0 Å². The van der Waals surface area contributed by atoms with Crippen molar-refractivity contribution in [1.82, 2.24) is 0 Å². The number of amidine groups is 2. The number of nitrogens with zero attached hydrogens (tertiary/aromatic N) is 6. The second-order valence-corrected chi connectivity index (χ2v) is 8.12. The summed E-state index contributed by atoms with van der Waals surface area (Å²) >= 11 is 0. The average Bonchev–Trinajstić information content (AvgIpc) is 3.37. The molecule has 0 saturated heterocycles. The molecule has 8 bridgehead atoms. The number of fused-ring (bicyclic) bond motifs is 7. The molecule has 3 heterocycles. The average molecular weight is 562 g/mol. The van der Waals surface area contributed by atoms with Crippen LogP contribution in [-0.4, -0.2) is 11.7 Å². The van der Waals surface area contributed by atoms with Crippen molar-refractivity contribution in [2.24, 2.45) is 30.4 Å². The van der Waals surface area contributed by atoms with Gasteiger partial charge in [0.1, 0.15) is 0 Å². The fraction of sp³-hybridized carbons (Fsp3) is 0.273. The van der Waals surface area contributed by atoms with Crippen LogP contribution in [0.5, 0.6) is 0 Å². The van der Waals surface area contributed by atoms with Gasteiger partial charge in [0.05, 0.1) is 0 Å². The second-order valence-electron chi connectivity index (χ2n) is 8.12. The Balaban J connectivity index is 0.00000205. The summed E-state index contributed by atoms with van der Waals surface area (Å²) in [6.45, 7) is 8.25. The van der Waals surface area contributed by atoms with Crippen molar-refractivity contribution in [3.05, 3.63) is 71.3 Å². The van der Waals surface area contributed by atoms with Crippen LogP contribution in [0.2, 0.25) is 0 Å². The van der Waals surface area contributed by atoms with Gasteiger partial charge in [-0.1, -0.05) is 27.7 Å². The monoisotopic (exact) mass is 561 g/mol. The summed E-state index contributed by atoms with van der Waals surface area (Å²) in [5, 5.41) is 17.1. The quantitative estimate of drug-likeness (QED) is 0.388. The van der Waals surface area contributed by atoms with E-state index in [-0.39, 0.29) is 21.1 Å². The molecule has 2 aromatic rings. The zero-order valence-corrected chi connectivity index (χ0v) is 18.7. The van der Waals surface area contributed by atoms with Crippen molar-refractivity contribution in [2.45, 2.75) is 38.5 Å². The molecular weight excluding hydrogens is 543 g/mol. The van der Waals surface area contributed by atoms with E-state index < -0.39 is 10.8 Å². The first-order valence-electron chi connectivity index (χ1n) is 9.18. The number of hydrogen-bond donors (Lipinski definition) is 0. The molecule has 0 saturated carbocycles. The van der Waals surface area contributed by atoms with E-state index in [1.807, 2.05) is 36.4 Å². The van der Waals surface area contributed by atoms with Crippen LogP contribution in [0.15, 0.2) is 78.5 Å². The Morgan fingerprint density at radius 3 is 1.45 bits per heavy atom. The maximum Gasteiger partial charge on any atom is 2.00 e. The molecule has 2 aromatic carbocycles. The van der Waals surface area contributed by atoms with E-state index in [9.17, 15) is 0 Å². The van der Waals surface area contributed by atoms with Gasteiger partial charge >= 0.3 is 21.1 Å². The van der Waals surface area contributed by atoms with E-state index in [0.29, 0.717) is 23.3 Å². The number of hydrogen-bond acceptors (Lipinski definition) is 6. The maximum atomic E-state index is 4.61. The van der Waals surface area contributed by atoms with E-state index in [1.54, 1.807) is 0 Å². The van der Waals surface area contributed by atoms with E-state index in [1.165, 1.54) is 0 Å². The topological polar surface area (TPSA) is 74.2 Å². The Labute approximate surface area is 184 Å². The van der Waals surface area contributed by atoms with Gasteiger partial charge < -0.3 is 0 Å². The van der Waals surface area contributed by atoms with Crippen LogP contribution in [0.3, 0.4) is 0 Å². The Kier molecular flexibility index (Phi) is 4.58. The smallest absolute Gasteiger partial charge is 0.226 e. The third-order valence-electron chi connectivity index (χ3n) is 5.45. The SMILES string of the molecule is CC1(C)C2=N/C(=C3/N=NC(=N3)C(C)(C)c3[c-]c(ccc3)-c3[c-]c1ccc3)N=N2.[Pt+2]. The van der Waals surface area contributed by atoms with Crippen LogP contribution >= 0.6 is 0 Å². The van der Waals surface area contributed by atoms with Crippen LogP contribution in [-0.2, 0) is 31.9 Å². The standard InChI is InChI=1S/C22H18N6.Pt/c1-21(2)15-9-5-7-13(11-15)14-8-6-10-16(12-14)22(3,4)20-24-18(26-28-20)17-23-19(21)27-25-17;/h5-10H,1-4H3;/q-2;+2/b18-17-;. The molecule has 0 radical (unpaired) electrons. The first-order valence-corrected chi connectivity index (χ1v) is 9.18. The van der Waals surface area contributed by atoms with Gasteiger partial charge in [0.25, 0.3) is 0 Å². The summed E-state index contributed by atoms with van der Waals surface area (Å²) in [6, 6.07) is 19.3. The molecule has 0 N–H and O–H groups in total. The minimum absolute atomic E-state index is 0.